The predicted octanol–water partition coefficient (Wildman–Crippen LogP) is 2.10. The molecule has 1 amide bonds. The van der Waals surface area contributed by atoms with Gasteiger partial charge in [-0.25, -0.2) is 0 Å². The molecule has 0 aromatic heterocycles. The molecule has 0 heterocycles. The number of nitrogens with one attached hydrogen (secondary N) is 3. The molecule has 0 aliphatic heterocycles. The highest BCUT2D eigenvalue weighted by Gasteiger charge is 2.04. The standard InChI is InChI=1S/C16H26N4O2.HI/c1-3-5-10-19-16(17-4-2)20-12-11-18-15(22)13-6-8-14(21)9-7-13;/h6-9,21H,3-5,10-12H2,1-2H3,(H,18,22)(H2,17,19,20);1H. The van der Waals surface area contributed by atoms with Crippen LogP contribution in [0.3, 0.4) is 0 Å². The number of aromatic hydroxyl groups is 1. The summed E-state index contributed by atoms with van der Waals surface area (Å²) in [4.78, 5) is 16.3. The summed E-state index contributed by atoms with van der Waals surface area (Å²) in [5, 5.41) is 18.4. The number of rotatable bonds is 8. The summed E-state index contributed by atoms with van der Waals surface area (Å²) in [6.07, 6.45) is 2.18. The zero-order valence-electron chi connectivity index (χ0n) is 13.8. The molecule has 4 N–H and O–H groups in total. The average molecular weight is 434 g/mol. The maximum Gasteiger partial charge on any atom is 0.251 e. The lowest BCUT2D eigenvalue weighted by Gasteiger charge is -2.11. The van der Waals surface area contributed by atoms with Gasteiger partial charge < -0.3 is 21.1 Å². The van der Waals surface area contributed by atoms with Crippen LogP contribution in [0.4, 0.5) is 0 Å². The van der Waals surface area contributed by atoms with Crippen molar-refractivity contribution in [1.82, 2.24) is 16.0 Å². The Morgan fingerprint density at radius 3 is 2.35 bits per heavy atom. The predicted molar refractivity (Wildman–Crippen MR) is 105 cm³/mol. The molecule has 0 aliphatic rings. The summed E-state index contributed by atoms with van der Waals surface area (Å²) >= 11 is 0. The summed E-state index contributed by atoms with van der Waals surface area (Å²) in [6, 6.07) is 6.18. The van der Waals surface area contributed by atoms with Crippen LogP contribution in [0, 0.1) is 0 Å². The largest absolute Gasteiger partial charge is 0.508 e. The summed E-state index contributed by atoms with van der Waals surface area (Å²) in [5.74, 6) is 0.765. The average Bonchev–Trinajstić information content (AvgIpc) is 2.52. The first kappa shape index (κ1) is 21.5. The van der Waals surface area contributed by atoms with Crippen molar-refractivity contribution in [2.75, 3.05) is 26.2 Å². The number of phenolic OH excluding ortho intramolecular Hbond substituents is 1. The minimum atomic E-state index is -0.158. The lowest BCUT2D eigenvalue weighted by molar-refractivity contribution is 0.0954. The molecule has 0 bridgehead atoms. The van der Waals surface area contributed by atoms with E-state index in [1.165, 1.54) is 12.1 Å². The normalized spacial score (nSPS) is 10.6. The Morgan fingerprint density at radius 1 is 1.09 bits per heavy atom. The molecular formula is C16H27IN4O2. The number of halogens is 1. The molecule has 23 heavy (non-hydrogen) atoms. The highest BCUT2D eigenvalue weighted by atomic mass is 127. The highest BCUT2D eigenvalue weighted by Crippen LogP contribution is 2.09. The third-order valence-corrected chi connectivity index (χ3v) is 2.96. The molecule has 130 valence electrons. The molecule has 0 radical (unpaired) electrons. The first-order chi connectivity index (χ1) is 10.7. The van der Waals surface area contributed by atoms with Gasteiger partial charge in [0.1, 0.15) is 5.75 Å². The van der Waals surface area contributed by atoms with E-state index in [4.69, 9.17) is 0 Å². The Balaban J connectivity index is 0.00000484. The zero-order valence-corrected chi connectivity index (χ0v) is 16.1. The molecule has 1 aromatic carbocycles. The van der Waals surface area contributed by atoms with E-state index in [0.717, 1.165) is 31.9 Å². The van der Waals surface area contributed by atoms with E-state index in [2.05, 4.69) is 27.9 Å². The molecule has 1 aromatic rings. The van der Waals surface area contributed by atoms with Crippen molar-refractivity contribution >= 4 is 35.8 Å². The van der Waals surface area contributed by atoms with Crippen molar-refractivity contribution in [2.45, 2.75) is 26.7 Å². The number of amides is 1. The van der Waals surface area contributed by atoms with E-state index >= 15 is 0 Å². The van der Waals surface area contributed by atoms with Crippen molar-refractivity contribution in [3.8, 4) is 5.75 Å². The second-order valence-electron chi connectivity index (χ2n) is 4.84. The Labute approximate surface area is 155 Å². The molecule has 0 spiro atoms. The van der Waals surface area contributed by atoms with Gasteiger partial charge in [0.15, 0.2) is 5.96 Å². The Kier molecular flexibility index (Phi) is 12.1. The van der Waals surface area contributed by atoms with Crippen LogP contribution in [0.1, 0.15) is 37.0 Å². The van der Waals surface area contributed by atoms with E-state index in [0.29, 0.717) is 18.7 Å². The van der Waals surface area contributed by atoms with Crippen LogP contribution in [0.15, 0.2) is 29.3 Å². The van der Waals surface area contributed by atoms with Crippen LogP contribution in [0.5, 0.6) is 5.75 Å². The van der Waals surface area contributed by atoms with Gasteiger partial charge in [0.25, 0.3) is 5.91 Å². The summed E-state index contributed by atoms with van der Waals surface area (Å²) in [5.41, 5.74) is 0.529. The van der Waals surface area contributed by atoms with Gasteiger partial charge in [-0.15, -0.1) is 24.0 Å². The quantitative estimate of drug-likeness (QED) is 0.219. The number of guanidine groups is 1. The van der Waals surface area contributed by atoms with Gasteiger partial charge in [-0.1, -0.05) is 13.3 Å². The first-order valence-corrected chi connectivity index (χ1v) is 7.76. The Hall–Kier alpha value is -1.51. The van der Waals surface area contributed by atoms with E-state index in [1.54, 1.807) is 12.1 Å². The molecule has 6 nitrogen and oxygen atoms in total. The van der Waals surface area contributed by atoms with Crippen molar-refractivity contribution in [2.24, 2.45) is 4.99 Å². The number of unbranched alkanes of at least 4 members (excludes halogenated alkanes) is 1. The Bertz CT molecular complexity index is 477. The third kappa shape index (κ3) is 9.27. The van der Waals surface area contributed by atoms with Crippen LogP contribution in [0.2, 0.25) is 0 Å². The van der Waals surface area contributed by atoms with Crippen molar-refractivity contribution in [1.29, 1.82) is 0 Å². The minimum absolute atomic E-state index is 0. The van der Waals surface area contributed by atoms with Gasteiger partial charge in [0, 0.05) is 31.7 Å². The smallest absolute Gasteiger partial charge is 0.251 e. The van der Waals surface area contributed by atoms with Gasteiger partial charge in [0.05, 0.1) is 0 Å². The number of hydrogen-bond donors (Lipinski definition) is 4. The number of carbonyl (C=O) groups is 1. The van der Waals surface area contributed by atoms with Crippen molar-refractivity contribution in [3.05, 3.63) is 29.8 Å². The monoisotopic (exact) mass is 434 g/mol. The molecule has 0 aliphatic carbocycles. The summed E-state index contributed by atoms with van der Waals surface area (Å²) in [6.45, 7) is 6.85. The van der Waals surface area contributed by atoms with Crippen LogP contribution >= 0.6 is 24.0 Å². The maximum atomic E-state index is 11.9. The van der Waals surface area contributed by atoms with Gasteiger partial charge in [-0.3, -0.25) is 9.79 Å². The number of phenols is 1. The SMILES string of the molecule is CCCCN=C(NCC)NCCNC(=O)c1ccc(O)cc1.I. The molecule has 0 fully saturated rings. The van der Waals surface area contributed by atoms with Crippen LogP contribution in [-0.4, -0.2) is 43.2 Å². The van der Waals surface area contributed by atoms with E-state index in [1.807, 2.05) is 6.92 Å². The summed E-state index contributed by atoms with van der Waals surface area (Å²) in [7, 11) is 0. The van der Waals surface area contributed by atoms with Crippen LogP contribution in [0.25, 0.3) is 0 Å². The molecule has 7 heteroatoms. The van der Waals surface area contributed by atoms with Gasteiger partial charge in [0.2, 0.25) is 0 Å². The van der Waals surface area contributed by atoms with Crippen LogP contribution < -0.4 is 16.0 Å². The second-order valence-corrected chi connectivity index (χ2v) is 4.84. The van der Waals surface area contributed by atoms with Crippen LogP contribution in [-0.2, 0) is 0 Å². The second kappa shape index (κ2) is 13.0. The number of carbonyl (C=O) groups excluding carboxylic acids is 1. The molecule has 0 atom stereocenters. The Morgan fingerprint density at radius 2 is 1.74 bits per heavy atom. The first-order valence-electron chi connectivity index (χ1n) is 7.76. The summed E-state index contributed by atoms with van der Waals surface area (Å²) < 4.78 is 0. The lowest BCUT2D eigenvalue weighted by Crippen LogP contribution is -2.41. The number of nitrogens with zero attached hydrogens (tertiary/aromatic N) is 1. The fraction of sp³-hybridized carbons (Fsp3) is 0.500. The van der Waals surface area contributed by atoms with Gasteiger partial charge in [-0.2, -0.15) is 0 Å². The van der Waals surface area contributed by atoms with E-state index in [9.17, 15) is 9.90 Å². The van der Waals surface area contributed by atoms with Crippen molar-refractivity contribution < 1.29 is 9.90 Å². The highest BCUT2D eigenvalue weighted by molar-refractivity contribution is 14.0. The minimum Gasteiger partial charge on any atom is -0.508 e. The van der Waals surface area contributed by atoms with E-state index < -0.39 is 0 Å². The molecular weight excluding hydrogens is 407 g/mol. The maximum absolute atomic E-state index is 11.9. The van der Waals surface area contributed by atoms with Gasteiger partial charge >= 0.3 is 0 Å². The zero-order chi connectivity index (χ0) is 16.2. The molecule has 0 saturated carbocycles. The molecule has 1 rings (SSSR count). The third-order valence-electron chi connectivity index (χ3n) is 2.96. The topological polar surface area (TPSA) is 85.8 Å². The number of aliphatic imine (C=N–C) groups is 1. The fourth-order valence-electron chi connectivity index (χ4n) is 1.76. The lowest BCUT2D eigenvalue weighted by atomic mass is 10.2. The molecule has 0 unspecified atom stereocenters. The number of hydrogen-bond acceptors (Lipinski definition) is 3. The van der Waals surface area contributed by atoms with Gasteiger partial charge in [-0.05, 0) is 37.6 Å². The molecule has 0 saturated heterocycles. The number of benzene rings is 1. The fourth-order valence-corrected chi connectivity index (χ4v) is 1.76. The van der Waals surface area contributed by atoms with Crippen molar-refractivity contribution in [3.63, 3.8) is 0 Å². The van der Waals surface area contributed by atoms with E-state index in [-0.39, 0.29) is 35.6 Å².